The number of hydrogen-bond acceptors (Lipinski definition) is 4. The molecule has 0 aliphatic carbocycles. The van der Waals surface area contributed by atoms with Crippen LogP contribution < -0.4 is 5.32 Å². The number of hydrogen-bond donors (Lipinski definition) is 1. The Balaban J connectivity index is 2.96. The first-order valence-electron chi connectivity index (χ1n) is 5.87. The molecule has 0 bridgehead atoms. The van der Waals surface area contributed by atoms with Crippen LogP contribution in [0.4, 0.5) is 13.2 Å². The van der Waals surface area contributed by atoms with Crippen molar-refractivity contribution in [3.8, 4) is 0 Å². The molecule has 0 aromatic carbocycles. The van der Waals surface area contributed by atoms with Gasteiger partial charge in [-0.25, -0.2) is 8.42 Å². The maximum absolute atomic E-state index is 12.3. The zero-order chi connectivity index (χ0) is 15.6. The van der Waals surface area contributed by atoms with Gasteiger partial charge in [0.25, 0.3) is 0 Å². The molecular formula is C11H17F3N2O2S2. The van der Waals surface area contributed by atoms with Crippen LogP contribution in [0.25, 0.3) is 0 Å². The summed E-state index contributed by atoms with van der Waals surface area (Å²) in [6.45, 7) is 2.61. The van der Waals surface area contributed by atoms with Crippen molar-refractivity contribution in [3.05, 3.63) is 16.3 Å². The molecule has 1 N–H and O–H groups in total. The molecule has 0 aliphatic rings. The predicted molar refractivity (Wildman–Crippen MR) is 72.2 cm³/mol. The molecule has 116 valence electrons. The standard InChI is InChI=1S/C11H17F3N2O2S2/c1-8(2)15-6-9-10(4-5-19-9)20(17,18)16(3)7-11(12,13)14/h4-5,8,15H,6-7H2,1-3H3. The van der Waals surface area contributed by atoms with Crippen molar-refractivity contribution in [2.75, 3.05) is 13.6 Å². The van der Waals surface area contributed by atoms with Crippen LogP contribution in [0.2, 0.25) is 0 Å². The van der Waals surface area contributed by atoms with E-state index >= 15 is 0 Å². The van der Waals surface area contributed by atoms with Gasteiger partial charge in [-0.15, -0.1) is 11.3 Å². The second kappa shape index (κ2) is 6.42. The average molecular weight is 330 g/mol. The molecule has 4 nitrogen and oxygen atoms in total. The Bertz CT molecular complexity index is 538. The second-order valence-corrected chi connectivity index (χ2v) is 7.63. The minimum Gasteiger partial charge on any atom is -0.310 e. The fourth-order valence-electron chi connectivity index (χ4n) is 1.49. The van der Waals surface area contributed by atoms with E-state index in [0.29, 0.717) is 15.7 Å². The Kier molecular flexibility index (Phi) is 5.59. The van der Waals surface area contributed by atoms with E-state index in [2.05, 4.69) is 5.32 Å². The maximum Gasteiger partial charge on any atom is 0.402 e. The van der Waals surface area contributed by atoms with Crippen LogP contribution in [0.15, 0.2) is 16.3 Å². The van der Waals surface area contributed by atoms with Crippen LogP contribution in [0.5, 0.6) is 0 Å². The first kappa shape index (κ1) is 17.4. The number of thiophene rings is 1. The van der Waals surface area contributed by atoms with Gasteiger partial charge in [0.2, 0.25) is 10.0 Å². The van der Waals surface area contributed by atoms with E-state index in [9.17, 15) is 21.6 Å². The van der Waals surface area contributed by atoms with E-state index in [1.54, 1.807) is 5.38 Å². The third-order valence-corrected chi connectivity index (χ3v) is 5.40. The lowest BCUT2D eigenvalue weighted by atomic mass is 10.4. The summed E-state index contributed by atoms with van der Waals surface area (Å²) in [6, 6.07) is 1.49. The molecule has 9 heteroatoms. The lowest BCUT2D eigenvalue weighted by Gasteiger charge is -2.19. The molecule has 20 heavy (non-hydrogen) atoms. The van der Waals surface area contributed by atoms with Gasteiger partial charge in [-0.05, 0) is 11.4 Å². The second-order valence-electron chi connectivity index (χ2n) is 4.62. The number of nitrogens with zero attached hydrogens (tertiary/aromatic N) is 1. The van der Waals surface area contributed by atoms with Crippen molar-refractivity contribution in [1.29, 1.82) is 0 Å². The zero-order valence-corrected chi connectivity index (χ0v) is 13.0. The Morgan fingerprint density at radius 3 is 2.50 bits per heavy atom. The molecular weight excluding hydrogens is 313 g/mol. The van der Waals surface area contributed by atoms with Crippen LogP contribution in [0.1, 0.15) is 18.7 Å². The summed E-state index contributed by atoms with van der Waals surface area (Å²) in [6.07, 6.45) is -4.56. The number of sulfonamides is 1. The topological polar surface area (TPSA) is 49.4 Å². The van der Waals surface area contributed by atoms with Gasteiger partial charge < -0.3 is 5.32 Å². The van der Waals surface area contributed by atoms with Gasteiger partial charge >= 0.3 is 6.18 Å². The molecule has 1 heterocycles. The molecule has 1 aromatic heterocycles. The highest BCUT2D eigenvalue weighted by Gasteiger charge is 2.35. The molecule has 0 amide bonds. The van der Waals surface area contributed by atoms with Gasteiger partial charge in [-0.2, -0.15) is 17.5 Å². The molecule has 0 atom stereocenters. The lowest BCUT2D eigenvalue weighted by molar-refractivity contribution is -0.134. The van der Waals surface area contributed by atoms with Crippen LogP contribution in [0, 0.1) is 0 Å². The fraction of sp³-hybridized carbons (Fsp3) is 0.636. The maximum atomic E-state index is 12.3. The average Bonchev–Trinajstić information content (AvgIpc) is 2.72. The van der Waals surface area contributed by atoms with Gasteiger partial charge in [0.15, 0.2) is 0 Å². The highest BCUT2D eigenvalue weighted by atomic mass is 32.2. The molecule has 0 unspecified atom stereocenters. The van der Waals surface area contributed by atoms with Gasteiger partial charge in [0, 0.05) is 24.5 Å². The fourth-order valence-corrected chi connectivity index (χ4v) is 4.01. The minimum absolute atomic E-state index is 0.0672. The first-order chi connectivity index (χ1) is 9.04. The molecule has 0 aliphatic heterocycles. The number of halogens is 3. The van der Waals surface area contributed by atoms with Crippen molar-refractivity contribution in [3.63, 3.8) is 0 Å². The number of nitrogens with one attached hydrogen (secondary N) is 1. The summed E-state index contributed by atoms with van der Waals surface area (Å²) in [7, 11) is -3.19. The molecule has 0 fully saturated rings. The summed E-state index contributed by atoms with van der Waals surface area (Å²) in [4.78, 5) is 0.440. The van der Waals surface area contributed by atoms with E-state index in [0.717, 1.165) is 7.05 Å². The third kappa shape index (κ3) is 4.72. The summed E-state index contributed by atoms with van der Waals surface area (Å²) in [5.41, 5.74) is 0. The monoisotopic (exact) mass is 330 g/mol. The molecule has 0 saturated heterocycles. The van der Waals surface area contributed by atoms with Gasteiger partial charge in [0.05, 0.1) is 4.90 Å². The summed E-state index contributed by atoms with van der Waals surface area (Å²) in [5.74, 6) is 0. The van der Waals surface area contributed by atoms with Crippen molar-refractivity contribution >= 4 is 21.4 Å². The Morgan fingerprint density at radius 1 is 1.40 bits per heavy atom. The van der Waals surface area contributed by atoms with Crippen LogP contribution in [-0.4, -0.2) is 38.5 Å². The third-order valence-electron chi connectivity index (χ3n) is 2.47. The van der Waals surface area contributed by atoms with E-state index in [1.807, 2.05) is 13.8 Å². The van der Waals surface area contributed by atoms with E-state index in [4.69, 9.17) is 0 Å². The molecule has 0 radical (unpaired) electrons. The van der Waals surface area contributed by atoms with Crippen molar-refractivity contribution in [1.82, 2.24) is 9.62 Å². The van der Waals surface area contributed by atoms with Gasteiger partial charge in [0.1, 0.15) is 6.54 Å². The van der Waals surface area contributed by atoms with Crippen LogP contribution in [-0.2, 0) is 16.6 Å². The normalized spacial score (nSPS) is 13.4. The highest BCUT2D eigenvalue weighted by Crippen LogP contribution is 2.27. The lowest BCUT2D eigenvalue weighted by Crippen LogP contribution is -2.36. The number of rotatable bonds is 6. The van der Waals surface area contributed by atoms with Gasteiger partial charge in [-0.1, -0.05) is 13.8 Å². The quantitative estimate of drug-likeness (QED) is 0.871. The SMILES string of the molecule is CC(C)NCc1sccc1S(=O)(=O)N(C)CC(F)(F)F. The van der Waals surface area contributed by atoms with E-state index in [-0.39, 0.29) is 10.9 Å². The zero-order valence-electron chi connectivity index (χ0n) is 11.4. The Morgan fingerprint density at radius 2 is 2.00 bits per heavy atom. The number of alkyl halides is 3. The van der Waals surface area contributed by atoms with Crippen LogP contribution >= 0.6 is 11.3 Å². The Labute approximate surface area is 120 Å². The first-order valence-corrected chi connectivity index (χ1v) is 8.19. The minimum atomic E-state index is -4.56. The van der Waals surface area contributed by atoms with Crippen molar-refractivity contribution in [2.24, 2.45) is 0 Å². The van der Waals surface area contributed by atoms with Crippen molar-refractivity contribution < 1.29 is 21.6 Å². The van der Waals surface area contributed by atoms with E-state index in [1.165, 1.54) is 17.4 Å². The summed E-state index contributed by atoms with van der Waals surface area (Å²) in [5, 5.41) is 4.61. The Hall–Kier alpha value is -0.640. The summed E-state index contributed by atoms with van der Waals surface area (Å²) >= 11 is 1.20. The van der Waals surface area contributed by atoms with Crippen LogP contribution in [0.3, 0.4) is 0 Å². The summed E-state index contributed by atoms with van der Waals surface area (Å²) < 4.78 is 61.6. The highest BCUT2D eigenvalue weighted by molar-refractivity contribution is 7.89. The predicted octanol–water partition coefficient (Wildman–Crippen LogP) is 2.43. The molecule has 0 spiro atoms. The largest absolute Gasteiger partial charge is 0.402 e. The van der Waals surface area contributed by atoms with E-state index < -0.39 is 22.7 Å². The van der Waals surface area contributed by atoms with Gasteiger partial charge in [-0.3, -0.25) is 0 Å². The molecule has 1 rings (SSSR count). The smallest absolute Gasteiger partial charge is 0.310 e. The molecule has 1 aromatic rings. The molecule has 0 saturated carbocycles. The van der Waals surface area contributed by atoms with Crippen molar-refractivity contribution in [2.45, 2.75) is 37.5 Å².